The van der Waals surface area contributed by atoms with Gasteiger partial charge in [0.15, 0.2) is 0 Å². The smallest absolute Gasteiger partial charge is 0.127 e. The van der Waals surface area contributed by atoms with E-state index in [2.05, 4.69) is 26.8 Å². The first-order valence-corrected chi connectivity index (χ1v) is 9.52. The summed E-state index contributed by atoms with van der Waals surface area (Å²) in [5.74, 6) is 2.07. The van der Waals surface area contributed by atoms with Crippen LogP contribution < -0.4 is 4.74 Å². The third kappa shape index (κ3) is 3.34. The molecule has 0 spiro atoms. The lowest BCUT2D eigenvalue weighted by Gasteiger charge is -2.47. The van der Waals surface area contributed by atoms with Crippen LogP contribution in [0.5, 0.6) is 17.2 Å². The van der Waals surface area contributed by atoms with Crippen molar-refractivity contribution in [2.45, 2.75) is 45.1 Å². The number of hydrogen-bond donors (Lipinski definition) is 2. The van der Waals surface area contributed by atoms with Gasteiger partial charge >= 0.3 is 0 Å². The van der Waals surface area contributed by atoms with Crippen molar-refractivity contribution in [1.29, 1.82) is 0 Å². The standard InChI is InChI=1S/C24H26O3/c1-15-4-11-21-20(12-15)23-17(8-5-16-6-9-18(25)10-7-16)13-19(26)14-22(23)27-24(21,2)3/h4-10,13-14,20-21,25-26H,11-12H2,1-3H3. The Balaban J connectivity index is 1.80. The zero-order valence-corrected chi connectivity index (χ0v) is 16.1. The zero-order valence-electron chi connectivity index (χ0n) is 16.1. The average Bonchev–Trinajstić information content (AvgIpc) is 2.59. The van der Waals surface area contributed by atoms with Gasteiger partial charge in [0.05, 0.1) is 0 Å². The summed E-state index contributed by atoms with van der Waals surface area (Å²) in [5, 5.41) is 19.7. The molecular weight excluding hydrogens is 336 g/mol. The van der Waals surface area contributed by atoms with Crippen LogP contribution in [0.3, 0.4) is 0 Å². The number of phenolic OH excluding ortho intramolecular Hbond substituents is 2. The predicted molar refractivity (Wildman–Crippen MR) is 109 cm³/mol. The minimum atomic E-state index is -0.263. The minimum Gasteiger partial charge on any atom is -0.508 e. The van der Waals surface area contributed by atoms with Gasteiger partial charge in [-0.2, -0.15) is 0 Å². The highest BCUT2D eigenvalue weighted by molar-refractivity contribution is 5.74. The van der Waals surface area contributed by atoms with E-state index in [9.17, 15) is 10.2 Å². The van der Waals surface area contributed by atoms with E-state index in [-0.39, 0.29) is 17.1 Å². The summed E-state index contributed by atoms with van der Waals surface area (Å²) in [6, 6.07) is 10.7. The highest BCUT2D eigenvalue weighted by Gasteiger charge is 2.45. The monoisotopic (exact) mass is 362 g/mol. The summed E-state index contributed by atoms with van der Waals surface area (Å²) in [7, 11) is 0. The summed E-state index contributed by atoms with van der Waals surface area (Å²) < 4.78 is 6.36. The average molecular weight is 362 g/mol. The molecule has 1 heterocycles. The van der Waals surface area contributed by atoms with Crippen LogP contribution in [0.15, 0.2) is 48.0 Å². The predicted octanol–water partition coefficient (Wildman–Crippen LogP) is 5.88. The number of allylic oxidation sites excluding steroid dienone is 2. The molecule has 3 heteroatoms. The third-order valence-corrected chi connectivity index (χ3v) is 5.89. The molecule has 2 N–H and O–H groups in total. The Morgan fingerprint density at radius 2 is 1.78 bits per heavy atom. The first kappa shape index (κ1) is 17.7. The second kappa shape index (κ2) is 6.49. The fourth-order valence-electron chi connectivity index (χ4n) is 4.52. The van der Waals surface area contributed by atoms with Gasteiger partial charge in [0.2, 0.25) is 0 Å². The second-order valence-corrected chi connectivity index (χ2v) is 8.28. The van der Waals surface area contributed by atoms with Gasteiger partial charge < -0.3 is 14.9 Å². The Labute approximate surface area is 160 Å². The maximum Gasteiger partial charge on any atom is 0.127 e. The molecular formula is C24H26O3. The summed E-state index contributed by atoms with van der Waals surface area (Å²) in [6.07, 6.45) is 8.43. The lowest BCUT2D eigenvalue weighted by molar-refractivity contribution is 0.00829. The molecule has 0 saturated heterocycles. The molecule has 2 aliphatic rings. The lowest BCUT2D eigenvalue weighted by Crippen LogP contribution is -2.45. The second-order valence-electron chi connectivity index (χ2n) is 8.28. The van der Waals surface area contributed by atoms with E-state index in [1.807, 2.05) is 30.4 Å². The van der Waals surface area contributed by atoms with Gasteiger partial charge in [-0.1, -0.05) is 35.9 Å². The number of ether oxygens (including phenoxy) is 1. The Kier molecular flexibility index (Phi) is 4.26. The normalized spacial score (nSPS) is 23.3. The maximum atomic E-state index is 10.3. The molecule has 2 aromatic carbocycles. The molecule has 2 atom stereocenters. The highest BCUT2D eigenvalue weighted by atomic mass is 16.5. The Morgan fingerprint density at radius 3 is 2.52 bits per heavy atom. The minimum absolute atomic E-state index is 0.219. The van der Waals surface area contributed by atoms with Gasteiger partial charge in [-0.25, -0.2) is 0 Å². The molecule has 0 amide bonds. The van der Waals surface area contributed by atoms with E-state index >= 15 is 0 Å². The van der Waals surface area contributed by atoms with Gasteiger partial charge in [0.25, 0.3) is 0 Å². The van der Waals surface area contributed by atoms with E-state index in [4.69, 9.17) is 4.74 Å². The molecule has 0 bridgehead atoms. The SMILES string of the molecule is CC1=CCC2C(C1)c1c(C=Cc3ccc(O)cc3)cc(O)cc1OC2(C)C. The summed E-state index contributed by atoms with van der Waals surface area (Å²) >= 11 is 0. The van der Waals surface area contributed by atoms with Crippen molar-refractivity contribution >= 4 is 12.2 Å². The van der Waals surface area contributed by atoms with Gasteiger partial charge in [0, 0.05) is 17.5 Å². The molecule has 1 aliphatic heterocycles. The van der Waals surface area contributed by atoms with E-state index in [1.54, 1.807) is 18.2 Å². The van der Waals surface area contributed by atoms with Crippen molar-refractivity contribution in [1.82, 2.24) is 0 Å². The molecule has 0 fully saturated rings. The molecule has 140 valence electrons. The fourth-order valence-corrected chi connectivity index (χ4v) is 4.52. The molecule has 2 aromatic rings. The van der Waals surface area contributed by atoms with Crippen molar-refractivity contribution < 1.29 is 14.9 Å². The number of phenols is 2. The van der Waals surface area contributed by atoms with Crippen LogP contribution in [0.1, 0.15) is 56.2 Å². The number of hydrogen-bond acceptors (Lipinski definition) is 3. The van der Waals surface area contributed by atoms with Gasteiger partial charge in [-0.15, -0.1) is 0 Å². The van der Waals surface area contributed by atoms with Crippen molar-refractivity contribution in [3.63, 3.8) is 0 Å². The lowest BCUT2D eigenvalue weighted by atomic mass is 9.66. The number of fused-ring (bicyclic) bond motifs is 3. The Hall–Kier alpha value is -2.68. The molecule has 0 aromatic heterocycles. The van der Waals surface area contributed by atoms with E-state index in [0.717, 1.165) is 29.7 Å². The van der Waals surface area contributed by atoms with Gasteiger partial charge in [-0.05, 0) is 68.9 Å². The van der Waals surface area contributed by atoms with Crippen LogP contribution in [-0.4, -0.2) is 15.8 Å². The van der Waals surface area contributed by atoms with Crippen LogP contribution in [0.4, 0.5) is 0 Å². The number of rotatable bonds is 2. The molecule has 0 saturated carbocycles. The van der Waals surface area contributed by atoms with E-state index in [1.165, 1.54) is 11.1 Å². The number of aromatic hydroxyl groups is 2. The Bertz CT molecular complexity index is 919. The van der Waals surface area contributed by atoms with Crippen LogP contribution in [0.25, 0.3) is 12.2 Å². The van der Waals surface area contributed by atoms with Crippen LogP contribution >= 0.6 is 0 Å². The van der Waals surface area contributed by atoms with Crippen molar-refractivity contribution in [2.24, 2.45) is 5.92 Å². The van der Waals surface area contributed by atoms with E-state index in [0.29, 0.717) is 11.8 Å². The van der Waals surface area contributed by atoms with Crippen LogP contribution in [0, 0.1) is 5.92 Å². The maximum absolute atomic E-state index is 10.3. The Morgan fingerprint density at radius 1 is 1.04 bits per heavy atom. The van der Waals surface area contributed by atoms with Gasteiger partial charge in [-0.3, -0.25) is 0 Å². The first-order chi connectivity index (χ1) is 12.8. The van der Waals surface area contributed by atoms with Crippen LogP contribution in [-0.2, 0) is 0 Å². The van der Waals surface area contributed by atoms with Crippen LogP contribution in [0.2, 0.25) is 0 Å². The zero-order chi connectivity index (χ0) is 19.2. The largest absolute Gasteiger partial charge is 0.508 e. The van der Waals surface area contributed by atoms with E-state index < -0.39 is 0 Å². The fraction of sp³-hybridized carbons (Fsp3) is 0.333. The highest BCUT2D eigenvalue weighted by Crippen LogP contribution is 2.53. The first-order valence-electron chi connectivity index (χ1n) is 9.52. The molecule has 0 radical (unpaired) electrons. The third-order valence-electron chi connectivity index (χ3n) is 5.89. The van der Waals surface area contributed by atoms with Gasteiger partial charge in [0.1, 0.15) is 22.8 Å². The van der Waals surface area contributed by atoms with Crippen molar-refractivity contribution in [3.8, 4) is 17.2 Å². The van der Waals surface area contributed by atoms with Crippen molar-refractivity contribution in [2.75, 3.05) is 0 Å². The quantitative estimate of drug-likeness (QED) is 0.518. The molecule has 27 heavy (non-hydrogen) atoms. The molecule has 4 rings (SSSR count). The topological polar surface area (TPSA) is 49.7 Å². The van der Waals surface area contributed by atoms with Crippen molar-refractivity contribution in [3.05, 3.63) is 64.7 Å². The molecule has 2 unspecified atom stereocenters. The number of benzene rings is 2. The molecule has 3 nitrogen and oxygen atoms in total. The summed E-state index contributed by atoms with van der Waals surface area (Å²) in [6.45, 7) is 6.50. The summed E-state index contributed by atoms with van der Waals surface area (Å²) in [4.78, 5) is 0. The molecule has 1 aliphatic carbocycles. The summed E-state index contributed by atoms with van der Waals surface area (Å²) in [5.41, 5.74) is 4.35.